The van der Waals surface area contributed by atoms with Crippen molar-refractivity contribution < 1.29 is 14.0 Å². The molecule has 0 spiro atoms. The summed E-state index contributed by atoms with van der Waals surface area (Å²) in [5, 5.41) is 2.78. The Hall–Kier alpha value is -1.95. The molecule has 0 aliphatic carbocycles. The molecule has 0 saturated carbocycles. The maximum atomic E-state index is 12.8. The van der Waals surface area contributed by atoms with Crippen molar-refractivity contribution in [2.24, 2.45) is 0 Å². The number of nitrogens with one attached hydrogen (secondary N) is 1. The van der Waals surface area contributed by atoms with E-state index in [1.807, 2.05) is 19.0 Å². The Labute approximate surface area is 131 Å². The smallest absolute Gasteiger partial charge is 0.239 e. The van der Waals surface area contributed by atoms with E-state index in [0.717, 1.165) is 12.1 Å². The zero-order chi connectivity index (χ0) is 16.5. The number of halogens is 1. The highest BCUT2D eigenvalue weighted by Gasteiger charge is 2.13. The average molecular weight is 309 g/mol. The Morgan fingerprint density at radius 3 is 2.32 bits per heavy atom. The summed E-state index contributed by atoms with van der Waals surface area (Å²) >= 11 is 0. The first-order valence-corrected chi connectivity index (χ1v) is 7.30. The normalized spacial score (nSPS) is 10.6. The maximum Gasteiger partial charge on any atom is 0.239 e. The highest BCUT2D eigenvalue weighted by molar-refractivity contribution is 5.83. The molecule has 0 aliphatic rings. The van der Waals surface area contributed by atoms with E-state index in [-0.39, 0.29) is 24.2 Å². The molecule has 1 aromatic rings. The summed E-state index contributed by atoms with van der Waals surface area (Å²) in [6, 6.07) is 6.15. The molecule has 0 unspecified atom stereocenters. The van der Waals surface area contributed by atoms with E-state index in [0.29, 0.717) is 19.5 Å². The van der Waals surface area contributed by atoms with Gasteiger partial charge in [-0.1, -0.05) is 12.1 Å². The molecule has 5 nitrogen and oxygen atoms in total. The number of hydrogen-bond acceptors (Lipinski definition) is 3. The van der Waals surface area contributed by atoms with Crippen LogP contribution in [0.15, 0.2) is 24.3 Å². The number of amides is 2. The van der Waals surface area contributed by atoms with Gasteiger partial charge in [0.25, 0.3) is 0 Å². The second-order valence-electron chi connectivity index (χ2n) is 5.47. The molecule has 2 amide bonds. The van der Waals surface area contributed by atoms with E-state index in [9.17, 15) is 14.0 Å². The van der Waals surface area contributed by atoms with Crippen LogP contribution < -0.4 is 5.32 Å². The lowest BCUT2D eigenvalue weighted by Crippen LogP contribution is -2.42. The minimum Gasteiger partial charge on any atom is -0.353 e. The van der Waals surface area contributed by atoms with Gasteiger partial charge in [0.2, 0.25) is 11.8 Å². The summed E-state index contributed by atoms with van der Waals surface area (Å²) in [7, 11) is 3.85. The number of likely N-dealkylation sites (N-methyl/N-ethyl adjacent to an activating group) is 1. The lowest BCUT2D eigenvalue weighted by atomic mass is 10.1. The molecule has 6 heteroatoms. The van der Waals surface area contributed by atoms with Crippen molar-refractivity contribution in [3.05, 3.63) is 35.6 Å². The van der Waals surface area contributed by atoms with E-state index in [4.69, 9.17) is 0 Å². The second-order valence-corrected chi connectivity index (χ2v) is 5.47. The SMILES string of the molecule is CC(=O)N(CCc1ccc(F)cc1)CC(=O)NCCN(C)C. The van der Waals surface area contributed by atoms with Gasteiger partial charge in [-0.3, -0.25) is 9.59 Å². The van der Waals surface area contributed by atoms with Crippen molar-refractivity contribution in [3.63, 3.8) is 0 Å². The van der Waals surface area contributed by atoms with E-state index in [1.165, 1.54) is 24.0 Å². The molecule has 0 atom stereocenters. The molecule has 1 aromatic carbocycles. The first-order valence-electron chi connectivity index (χ1n) is 7.30. The number of hydrogen-bond donors (Lipinski definition) is 1. The topological polar surface area (TPSA) is 52.7 Å². The molecule has 0 fully saturated rings. The highest BCUT2D eigenvalue weighted by Crippen LogP contribution is 2.04. The number of carbonyl (C=O) groups excluding carboxylic acids is 2. The standard InChI is InChI=1S/C16H24FN3O2/c1-13(21)20(12-16(22)18-9-11-19(2)3)10-8-14-4-6-15(17)7-5-14/h4-7H,8-12H2,1-3H3,(H,18,22). The van der Waals surface area contributed by atoms with Gasteiger partial charge in [-0.25, -0.2) is 4.39 Å². The number of nitrogens with zero attached hydrogens (tertiary/aromatic N) is 2. The van der Waals surface area contributed by atoms with Gasteiger partial charge in [-0.15, -0.1) is 0 Å². The minimum absolute atomic E-state index is 0.0456. The fourth-order valence-corrected chi connectivity index (χ4v) is 1.91. The van der Waals surface area contributed by atoms with Crippen LogP contribution in [0.3, 0.4) is 0 Å². The Morgan fingerprint density at radius 2 is 1.77 bits per heavy atom. The third-order valence-electron chi connectivity index (χ3n) is 3.24. The lowest BCUT2D eigenvalue weighted by molar-refractivity contribution is -0.134. The molecule has 0 saturated heterocycles. The quantitative estimate of drug-likeness (QED) is 0.776. The average Bonchev–Trinajstić information content (AvgIpc) is 2.44. The highest BCUT2D eigenvalue weighted by atomic mass is 19.1. The maximum absolute atomic E-state index is 12.8. The number of carbonyl (C=O) groups is 2. The van der Waals surface area contributed by atoms with Crippen molar-refractivity contribution in [2.45, 2.75) is 13.3 Å². The van der Waals surface area contributed by atoms with Gasteiger partial charge in [0.1, 0.15) is 5.82 Å². The van der Waals surface area contributed by atoms with Crippen LogP contribution in [0.1, 0.15) is 12.5 Å². The first kappa shape index (κ1) is 18.1. The summed E-state index contributed by atoms with van der Waals surface area (Å²) in [5.41, 5.74) is 0.931. The molecule has 1 rings (SSSR count). The van der Waals surface area contributed by atoms with Gasteiger partial charge in [-0.05, 0) is 38.2 Å². The third kappa shape index (κ3) is 7.17. The Morgan fingerprint density at radius 1 is 1.14 bits per heavy atom. The van der Waals surface area contributed by atoms with Gasteiger partial charge >= 0.3 is 0 Å². The molecule has 22 heavy (non-hydrogen) atoms. The van der Waals surface area contributed by atoms with Crippen molar-refractivity contribution in [1.29, 1.82) is 0 Å². The zero-order valence-corrected chi connectivity index (χ0v) is 13.4. The van der Waals surface area contributed by atoms with E-state index < -0.39 is 0 Å². The van der Waals surface area contributed by atoms with Crippen LogP contribution in [0.2, 0.25) is 0 Å². The van der Waals surface area contributed by atoms with Gasteiger partial charge < -0.3 is 15.1 Å². The van der Waals surface area contributed by atoms with Crippen LogP contribution in [0, 0.1) is 5.82 Å². The van der Waals surface area contributed by atoms with Crippen molar-refractivity contribution in [2.75, 3.05) is 40.3 Å². The Kier molecular flexibility index (Phi) is 7.52. The molecule has 1 N–H and O–H groups in total. The molecular formula is C16H24FN3O2. The summed E-state index contributed by atoms with van der Waals surface area (Å²) in [6.45, 7) is 3.22. The summed E-state index contributed by atoms with van der Waals surface area (Å²) < 4.78 is 12.8. The fraction of sp³-hybridized carbons (Fsp3) is 0.500. The van der Waals surface area contributed by atoms with Gasteiger partial charge in [0.15, 0.2) is 0 Å². The van der Waals surface area contributed by atoms with Crippen LogP contribution in [-0.4, -0.2) is 61.9 Å². The lowest BCUT2D eigenvalue weighted by Gasteiger charge is -2.21. The third-order valence-corrected chi connectivity index (χ3v) is 3.24. The molecule has 0 radical (unpaired) electrons. The molecule has 0 aromatic heterocycles. The van der Waals surface area contributed by atoms with Gasteiger partial charge in [-0.2, -0.15) is 0 Å². The predicted molar refractivity (Wildman–Crippen MR) is 83.9 cm³/mol. The summed E-state index contributed by atoms with van der Waals surface area (Å²) in [5.74, 6) is -0.603. The first-order chi connectivity index (χ1) is 10.4. The summed E-state index contributed by atoms with van der Waals surface area (Å²) in [6.07, 6.45) is 0.588. The van der Waals surface area contributed by atoms with E-state index >= 15 is 0 Å². The van der Waals surface area contributed by atoms with Crippen LogP contribution >= 0.6 is 0 Å². The van der Waals surface area contributed by atoms with Crippen LogP contribution in [-0.2, 0) is 16.0 Å². The predicted octanol–water partition coefficient (Wildman–Crippen LogP) is 0.895. The van der Waals surface area contributed by atoms with Crippen LogP contribution in [0.25, 0.3) is 0 Å². The van der Waals surface area contributed by atoms with Gasteiger partial charge in [0.05, 0.1) is 6.54 Å². The molecule has 122 valence electrons. The molecule has 0 aliphatic heterocycles. The van der Waals surface area contributed by atoms with Crippen molar-refractivity contribution in [3.8, 4) is 0 Å². The summed E-state index contributed by atoms with van der Waals surface area (Å²) in [4.78, 5) is 26.9. The molecule has 0 heterocycles. The minimum atomic E-state index is -0.285. The second kappa shape index (κ2) is 9.15. The zero-order valence-electron chi connectivity index (χ0n) is 13.4. The molecular weight excluding hydrogens is 285 g/mol. The fourth-order valence-electron chi connectivity index (χ4n) is 1.91. The van der Waals surface area contributed by atoms with Crippen molar-refractivity contribution >= 4 is 11.8 Å². The number of rotatable bonds is 8. The number of benzene rings is 1. The Balaban J connectivity index is 2.43. The monoisotopic (exact) mass is 309 g/mol. The van der Waals surface area contributed by atoms with Gasteiger partial charge in [0, 0.05) is 26.6 Å². The van der Waals surface area contributed by atoms with Crippen LogP contribution in [0.5, 0.6) is 0 Å². The van der Waals surface area contributed by atoms with Crippen molar-refractivity contribution in [1.82, 2.24) is 15.1 Å². The van der Waals surface area contributed by atoms with Crippen LogP contribution in [0.4, 0.5) is 4.39 Å². The van der Waals surface area contributed by atoms with E-state index in [2.05, 4.69) is 5.32 Å². The Bertz CT molecular complexity index is 489. The largest absolute Gasteiger partial charge is 0.353 e. The molecule has 0 bridgehead atoms. The van der Waals surface area contributed by atoms with E-state index in [1.54, 1.807) is 12.1 Å².